The summed E-state index contributed by atoms with van der Waals surface area (Å²) in [5, 5.41) is 28.5. The molecule has 0 bridgehead atoms. The summed E-state index contributed by atoms with van der Waals surface area (Å²) in [5.74, 6) is -0.533. The second kappa shape index (κ2) is 11.1. The summed E-state index contributed by atoms with van der Waals surface area (Å²) in [7, 11) is 2.11. The molecule has 2 aromatic heterocycles. The highest BCUT2D eigenvalue weighted by Gasteiger charge is 2.17. The molecule has 4 rings (SSSR count). The molecule has 1 aliphatic rings. The van der Waals surface area contributed by atoms with E-state index in [2.05, 4.69) is 32.3 Å². The number of nitrogens with one attached hydrogen (secondary N) is 2. The second-order valence-corrected chi connectivity index (χ2v) is 9.15. The third-order valence-corrected chi connectivity index (χ3v) is 6.77. The van der Waals surface area contributed by atoms with Gasteiger partial charge in [0.15, 0.2) is 12.2 Å². The number of H-pyrrole nitrogens is 1. The number of hydrogen-bond acceptors (Lipinski definition) is 9. The van der Waals surface area contributed by atoms with E-state index >= 15 is 0 Å². The molecule has 10 nitrogen and oxygen atoms in total. The molecule has 1 amide bonds. The van der Waals surface area contributed by atoms with Crippen molar-refractivity contribution in [1.29, 1.82) is 5.26 Å². The number of hydrogen-bond donors (Lipinski definition) is 3. The molecule has 1 fully saturated rings. The van der Waals surface area contributed by atoms with E-state index < -0.39 is 5.56 Å². The summed E-state index contributed by atoms with van der Waals surface area (Å²) in [6.45, 7) is 5.35. The average molecular weight is 495 g/mol. The quantitative estimate of drug-likeness (QED) is 0.319. The van der Waals surface area contributed by atoms with E-state index in [1.165, 1.54) is 17.6 Å². The van der Waals surface area contributed by atoms with Crippen LogP contribution in [0.1, 0.15) is 11.1 Å². The number of aromatic amines is 1. The molecule has 3 heterocycles. The number of piperazine rings is 1. The van der Waals surface area contributed by atoms with Crippen LogP contribution in [0.2, 0.25) is 0 Å². The smallest absolute Gasteiger partial charge is 0.270 e. The van der Waals surface area contributed by atoms with E-state index in [0.717, 1.165) is 43.9 Å². The molecule has 1 aliphatic heterocycles. The number of nitrogens with zero attached hydrogens (tertiary/aromatic N) is 4. The summed E-state index contributed by atoms with van der Waals surface area (Å²) < 4.78 is 0. The van der Waals surface area contributed by atoms with Crippen molar-refractivity contribution >= 4 is 33.7 Å². The molecular weight excluding hydrogens is 468 g/mol. The maximum absolute atomic E-state index is 11.9. The highest BCUT2D eigenvalue weighted by atomic mass is 32.1. The van der Waals surface area contributed by atoms with Crippen LogP contribution in [0.3, 0.4) is 0 Å². The number of pyridine rings is 1. The summed E-state index contributed by atoms with van der Waals surface area (Å²) in [5.41, 5.74) is 1.37. The van der Waals surface area contributed by atoms with Gasteiger partial charge in [0.05, 0.1) is 11.6 Å². The number of nitriles is 1. The molecule has 0 spiro atoms. The zero-order valence-corrected chi connectivity index (χ0v) is 20.1. The lowest BCUT2D eigenvalue weighted by Crippen LogP contribution is -2.47. The fourth-order valence-electron chi connectivity index (χ4n) is 3.82. The molecule has 0 aliphatic carbocycles. The first-order valence-electron chi connectivity index (χ1n) is 11.2. The van der Waals surface area contributed by atoms with Crippen LogP contribution >= 0.6 is 11.3 Å². The van der Waals surface area contributed by atoms with Crippen LogP contribution in [0.4, 0.5) is 0 Å². The predicted octanol–water partition coefficient (Wildman–Crippen LogP) is 1.55. The van der Waals surface area contributed by atoms with Gasteiger partial charge in [0.25, 0.3) is 11.5 Å². The number of aromatic nitrogens is 1. The Kier molecular flexibility index (Phi) is 7.77. The molecule has 182 valence electrons. The standard InChI is InChI=1S/C24H26N6O4S/c1-29-8-10-30(11-9-29)7-6-26-20(31)14-34-27-13-16-2-4-17(5-3-16)19-15-35-24-21(19)22(32)18(12-25)23(33)28-24/h2-5,13,15H,6-11,14H2,1H3,(H,26,31)(H2,28,32,33)/b27-13+. The summed E-state index contributed by atoms with van der Waals surface area (Å²) in [6.07, 6.45) is 1.51. The van der Waals surface area contributed by atoms with Crippen LogP contribution < -0.4 is 10.9 Å². The Labute approximate surface area is 206 Å². The molecule has 11 heteroatoms. The number of aromatic hydroxyl groups is 1. The number of thiophene rings is 1. The fraction of sp³-hybridized carbons (Fsp3) is 0.333. The van der Waals surface area contributed by atoms with Gasteiger partial charge in [0, 0.05) is 50.2 Å². The Bertz CT molecular complexity index is 1320. The van der Waals surface area contributed by atoms with Crippen molar-refractivity contribution in [3.05, 3.63) is 51.1 Å². The van der Waals surface area contributed by atoms with Crippen LogP contribution in [0, 0.1) is 11.3 Å². The van der Waals surface area contributed by atoms with Gasteiger partial charge >= 0.3 is 0 Å². The molecule has 0 unspecified atom stereocenters. The van der Waals surface area contributed by atoms with Gasteiger partial charge in [-0.05, 0) is 18.2 Å². The minimum Gasteiger partial charge on any atom is -0.506 e. The lowest BCUT2D eigenvalue weighted by Gasteiger charge is -2.32. The number of rotatable bonds is 8. The zero-order chi connectivity index (χ0) is 24.8. The first kappa shape index (κ1) is 24.4. The Morgan fingerprint density at radius 2 is 2.06 bits per heavy atom. The van der Waals surface area contributed by atoms with Crippen LogP contribution in [-0.4, -0.2) is 84.9 Å². The van der Waals surface area contributed by atoms with E-state index in [9.17, 15) is 14.7 Å². The number of carbonyl (C=O) groups is 1. The van der Waals surface area contributed by atoms with Crippen LogP contribution in [0.5, 0.6) is 5.75 Å². The van der Waals surface area contributed by atoms with Gasteiger partial charge < -0.3 is 25.1 Å². The van der Waals surface area contributed by atoms with Gasteiger partial charge in [-0.2, -0.15) is 5.26 Å². The van der Waals surface area contributed by atoms with Crippen LogP contribution in [-0.2, 0) is 9.63 Å². The van der Waals surface area contributed by atoms with E-state index in [1.807, 2.05) is 29.6 Å². The molecule has 0 atom stereocenters. The highest BCUT2D eigenvalue weighted by Crippen LogP contribution is 2.38. The van der Waals surface area contributed by atoms with Gasteiger partial charge in [-0.3, -0.25) is 14.5 Å². The predicted molar refractivity (Wildman–Crippen MR) is 135 cm³/mol. The molecular formula is C24H26N6O4S. The Hall–Kier alpha value is -3.72. The van der Waals surface area contributed by atoms with Gasteiger partial charge in [-0.25, -0.2) is 0 Å². The number of likely N-dealkylation sites (N-methyl/N-ethyl adjacent to an activating group) is 1. The second-order valence-electron chi connectivity index (χ2n) is 8.27. The third-order valence-electron chi connectivity index (χ3n) is 5.87. The number of amides is 1. The molecule has 3 N–H and O–H groups in total. The number of benzene rings is 1. The molecule has 1 saturated heterocycles. The van der Waals surface area contributed by atoms with E-state index in [1.54, 1.807) is 6.07 Å². The maximum Gasteiger partial charge on any atom is 0.270 e. The van der Waals surface area contributed by atoms with Gasteiger partial charge in [0.2, 0.25) is 0 Å². The monoisotopic (exact) mass is 494 g/mol. The summed E-state index contributed by atoms with van der Waals surface area (Å²) >= 11 is 1.28. The van der Waals surface area contributed by atoms with Gasteiger partial charge in [-0.15, -0.1) is 11.3 Å². The van der Waals surface area contributed by atoms with Crippen molar-refractivity contribution in [3.8, 4) is 22.9 Å². The zero-order valence-electron chi connectivity index (χ0n) is 19.3. The minimum absolute atomic E-state index is 0.156. The Morgan fingerprint density at radius 1 is 1.31 bits per heavy atom. The minimum atomic E-state index is -0.610. The van der Waals surface area contributed by atoms with Crippen molar-refractivity contribution in [2.24, 2.45) is 5.16 Å². The molecule has 0 saturated carbocycles. The Morgan fingerprint density at radius 3 is 2.77 bits per heavy atom. The third kappa shape index (κ3) is 5.86. The summed E-state index contributed by atoms with van der Waals surface area (Å²) in [6, 6.07) is 9.05. The average Bonchev–Trinajstić information content (AvgIpc) is 3.28. The summed E-state index contributed by atoms with van der Waals surface area (Å²) in [4.78, 5) is 36.7. The van der Waals surface area contributed by atoms with Crippen LogP contribution in [0.25, 0.3) is 21.3 Å². The van der Waals surface area contributed by atoms with Crippen LogP contribution in [0.15, 0.2) is 39.6 Å². The van der Waals surface area contributed by atoms with Crippen molar-refractivity contribution in [2.45, 2.75) is 0 Å². The van der Waals surface area contributed by atoms with Crippen molar-refractivity contribution in [3.63, 3.8) is 0 Å². The largest absolute Gasteiger partial charge is 0.506 e. The maximum atomic E-state index is 11.9. The Balaban J connectivity index is 1.28. The van der Waals surface area contributed by atoms with Gasteiger partial charge in [-0.1, -0.05) is 29.4 Å². The SMILES string of the molecule is CN1CCN(CCNC(=O)CO/N=C/c2ccc(-c3csc4[nH]c(=O)c(C#N)c(O)c34)cc2)CC1. The molecule has 3 aromatic rings. The lowest BCUT2D eigenvalue weighted by atomic mass is 10.0. The van der Waals surface area contributed by atoms with Gasteiger partial charge in [0.1, 0.15) is 16.6 Å². The van der Waals surface area contributed by atoms with Crippen molar-refractivity contribution in [1.82, 2.24) is 20.1 Å². The molecule has 0 radical (unpaired) electrons. The topological polar surface area (TPSA) is 134 Å². The first-order valence-corrected chi connectivity index (χ1v) is 12.0. The van der Waals surface area contributed by atoms with E-state index in [0.29, 0.717) is 22.3 Å². The van der Waals surface area contributed by atoms with Crippen molar-refractivity contribution in [2.75, 3.05) is 52.9 Å². The fourth-order valence-corrected chi connectivity index (χ4v) is 4.78. The van der Waals surface area contributed by atoms with E-state index in [-0.39, 0.29) is 23.8 Å². The number of fused-ring (bicyclic) bond motifs is 1. The molecule has 35 heavy (non-hydrogen) atoms. The van der Waals surface area contributed by atoms with E-state index in [4.69, 9.17) is 10.1 Å². The highest BCUT2D eigenvalue weighted by molar-refractivity contribution is 7.17. The number of carbonyl (C=O) groups excluding carboxylic acids is 1. The number of oxime groups is 1. The van der Waals surface area contributed by atoms with Crippen molar-refractivity contribution < 1.29 is 14.7 Å². The first-order chi connectivity index (χ1) is 17.0. The normalized spacial score (nSPS) is 14.9. The molecule has 1 aromatic carbocycles. The lowest BCUT2D eigenvalue weighted by molar-refractivity contribution is -0.125.